The van der Waals surface area contributed by atoms with Gasteiger partial charge in [0.15, 0.2) is 0 Å². The molecule has 4 nitrogen and oxygen atoms in total. The number of imidazole rings is 1. The van der Waals surface area contributed by atoms with Crippen molar-refractivity contribution in [1.82, 2.24) is 14.5 Å². The topological polar surface area (TPSA) is 47.1 Å². The van der Waals surface area contributed by atoms with Gasteiger partial charge in [-0.25, -0.2) is 4.98 Å². The molecule has 1 unspecified atom stereocenters. The molecule has 2 heterocycles. The molecule has 0 bridgehead atoms. The van der Waals surface area contributed by atoms with Crippen LogP contribution >= 0.6 is 0 Å². The molecule has 1 fully saturated rings. The van der Waals surface area contributed by atoms with E-state index in [0.29, 0.717) is 5.92 Å². The monoisotopic (exact) mass is 208 g/mol. The highest BCUT2D eigenvalue weighted by atomic mass is 15.2. The van der Waals surface area contributed by atoms with Crippen molar-refractivity contribution >= 4 is 0 Å². The summed E-state index contributed by atoms with van der Waals surface area (Å²) in [7, 11) is 0. The van der Waals surface area contributed by atoms with E-state index >= 15 is 0 Å². The average Bonchev–Trinajstić information content (AvgIpc) is 2.87. The van der Waals surface area contributed by atoms with E-state index in [0.717, 1.165) is 26.2 Å². The number of hydrogen-bond acceptors (Lipinski definition) is 3. The van der Waals surface area contributed by atoms with Crippen molar-refractivity contribution in [3.63, 3.8) is 0 Å². The van der Waals surface area contributed by atoms with Gasteiger partial charge in [0.25, 0.3) is 0 Å². The summed E-state index contributed by atoms with van der Waals surface area (Å²) in [5.74, 6) is 1.87. The lowest BCUT2D eigenvalue weighted by Crippen LogP contribution is -2.24. The predicted octanol–water partition coefficient (Wildman–Crippen LogP) is 0.684. The molecule has 0 amide bonds. The number of nitrogens with zero attached hydrogens (tertiary/aromatic N) is 3. The Balaban J connectivity index is 1.92. The van der Waals surface area contributed by atoms with Crippen molar-refractivity contribution in [2.24, 2.45) is 11.7 Å². The Labute approximate surface area is 91.1 Å². The number of hydrogen-bond donors (Lipinski definition) is 1. The molecule has 1 aromatic rings. The second-order valence-corrected chi connectivity index (χ2v) is 4.26. The number of aromatic nitrogens is 2. The van der Waals surface area contributed by atoms with Gasteiger partial charge in [-0.15, -0.1) is 0 Å². The standard InChI is InChI=1S/C11H20N4/c1-2-15-6-4-13-11(15)9-14-5-3-10(7-12)8-14/h4,6,10H,2-3,5,7-9,12H2,1H3. The Morgan fingerprint density at radius 3 is 3.13 bits per heavy atom. The third kappa shape index (κ3) is 2.38. The summed E-state index contributed by atoms with van der Waals surface area (Å²) < 4.78 is 2.20. The first kappa shape index (κ1) is 10.6. The zero-order valence-electron chi connectivity index (χ0n) is 9.39. The molecule has 15 heavy (non-hydrogen) atoms. The average molecular weight is 208 g/mol. The summed E-state index contributed by atoms with van der Waals surface area (Å²) in [6.07, 6.45) is 5.17. The van der Waals surface area contributed by atoms with E-state index in [1.165, 1.54) is 18.8 Å². The van der Waals surface area contributed by atoms with E-state index in [9.17, 15) is 0 Å². The zero-order chi connectivity index (χ0) is 10.7. The largest absolute Gasteiger partial charge is 0.334 e. The molecule has 1 atom stereocenters. The minimum atomic E-state index is 0.690. The van der Waals surface area contributed by atoms with Crippen molar-refractivity contribution in [2.75, 3.05) is 19.6 Å². The summed E-state index contributed by atoms with van der Waals surface area (Å²) in [5, 5.41) is 0. The van der Waals surface area contributed by atoms with E-state index in [2.05, 4.69) is 21.4 Å². The lowest BCUT2D eigenvalue weighted by Gasteiger charge is -2.15. The highest BCUT2D eigenvalue weighted by Gasteiger charge is 2.21. The van der Waals surface area contributed by atoms with Crippen molar-refractivity contribution in [2.45, 2.75) is 26.4 Å². The van der Waals surface area contributed by atoms with Gasteiger partial charge in [0.05, 0.1) is 6.54 Å². The second kappa shape index (κ2) is 4.77. The summed E-state index contributed by atoms with van der Waals surface area (Å²) in [6.45, 7) is 7.24. The lowest BCUT2D eigenvalue weighted by molar-refractivity contribution is 0.304. The van der Waals surface area contributed by atoms with E-state index in [-0.39, 0.29) is 0 Å². The first-order valence-corrected chi connectivity index (χ1v) is 5.76. The summed E-state index contributed by atoms with van der Waals surface area (Å²) in [6, 6.07) is 0. The molecule has 0 spiro atoms. The molecule has 0 aromatic carbocycles. The van der Waals surface area contributed by atoms with Crippen LogP contribution in [0.25, 0.3) is 0 Å². The minimum absolute atomic E-state index is 0.690. The molecule has 2 N–H and O–H groups in total. The van der Waals surface area contributed by atoms with Crippen LogP contribution in [0.3, 0.4) is 0 Å². The van der Waals surface area contributed by atoms with Crippen LogP contribution in [0.5, 0.6) is 0 Å². The van der Waals surface area contributed by atoms with Crippen molar-refractivity contribution < 1.29 is 0 Å². The van der Waals surface area contributed by atoms with Crippen LogP contribution < -0.4 is 5.73 Å². The highest BCUT2D eigenvalue weighted by molar-refractivity contribution is 4.93. The van der Waals surface area contributed by atoms with Crippen molar-refractivity contribution in [3.05, 3.63) is 18.2 Å². The van der Waals surface area contributed by atoms with E-state index < -0.39 is 0 Å². The molecule has 4 heteroatoms. The zero-order valence-corrected chi connectivity index (χ0v) is 9.39. The molecular weight excluding hydrogens is 188 g/mol. The first-order valence-electron chi connectivity index (χ1n) is 5.76. The number of rotatable bonds is 4. The Hall–Kier alpha value is -0.870. The Kier molecular flexibility index (Phi) is 3.38. The summed E-state index contributed by atoms with van der Waals surface area (Å²) in [4.78, 5) is 6.84. The SMILES string of the molecule is CCn1ccnc1CN1CCC(CN)C1. The van der Waals surface area contributed by atoms with Crippen LogP contribution in [-0.4, -0.2) is 34.1 Å². The van der Waals surface area contributed by atoms with Gasteiger partial charge in [-0.2, -0.15) is 0 Å². The molecule has 1 saturated heterocycles. The molecule has 1 aromatic heterocycles. The summed E-state index contributed by atoms with van der Waals surface area (Å²) in [5.41, 5.74) is 5.68. The van der Waals surface area contributed by atoms with Crippen molar-refractivity contribution in [3.8, 4) is 0 Å². The maximum Gasteiger partial charge on any atom is 0.122 e. The Morgan fingerprint density at radius 1 is 1.60 bits per heavy atom. The number of aryl methyl sites for hydroxylation is 1. The quantitative estimate of drug-likeness (QED) is 0.791. The first-order chi connectivity index (χ1) is 7.33. The maximum absolute atomic E-state index is 5.68. The molecule has 1 aliphatic rings. The van der Waals surface area contributed by atoms with Gasteiger partial charge in [-0.3, -0.25) is 4.90 Å². The predicted molar refractivity (Wildman–Crippen MR) is 60.3 cm³/mol. The fourth-order valence-corrected chi connectivity index (χ4v) is 2.23. The van der Waals surface area contributed by atoms with Crippen LogP contribution in [0.2, 0.25) is 0 Å². The summed E-state index contributed by atoms with van der Waals surface area (Å²) >= 11 is 0. The molecule has 0 saturated carbocycles. The molecule has 1 aliphatic heterocycles. The van der Waals surface area contributed by atoms with E-state index in [1.807, 2.05) is 12.4 Å². The fraction of sp³-hybridized carbons (Fsp3) is 0.727. The van der Waals surface area contributed by atoms with Crippen LogP contribution in [0.15, 0.2) is 12.4 Å². The second-order valence-electron chi connectivity index (χ2n) is 4.26. The van der Waals surface area contributed by atoms with Crippen LogP contribution in [-0.2, 0) is 13.1 Å². The lowest BCUT2D eigenvalue weighted by atomic mass is 10.1. The third-order valence-corrected chi connectivity index (χ3v) is 3.21. The van der Waals surface area contributed by atoms with Crippen LogP contribution in [0.4, 0.5) is 0 Å². The molecular formula is C11H20N4. The Bertz CT molecular complexity index is 307. The number of nitrogens with two attached hydrogens (primary N) is 1. The molecule has 0 aliphatic carbocycles. The van der Waals surface area contributed by atoms with Crippen LogP contribution in [0.1, 0.15) is 19.2 Å². The smallest absolute Gasteiger partial charge is 0.122 e. The van der Waals surface area contributed by atoms with Gasteiger partial charge >= 0.3 is 0 Å². The van der Waals surface area contributed by atoms with Gasteiger partial charge in [-0.05, 0) is 32.4 Å². The van der Waals surface area contributed by atoms with Gasteiger partial charge in [0.2, 0.25) is 0 Å². The molecule has 84 valence electrons. The highest BCUT2D eigenvalue weighted by Crippen LogP contribution is 2.16. The maximum atomic E-state index is 5.68. The molecule has 0 radical (unpaired) electrons. The van der Waals surface area contributed by atoms with E-state index in [1.54, 1.807) is 0 Å². The third-order valence-electron chi connectivity index (χ3n) is 3.21. The van der Waals surface area contributed by atoms with Crippen molar-refractivity contribution in [1.29, 1.82) is 0 Å². The Morgan fingerprint density at radius 2 is 2.47 bits per heavy atom. The minimum Gasteiger partial charge on any atom is -0.334 e. The fourth-order valence-electron chi connectivity index (χ4n) is 2.23. The molecule has 2 rings (SSSR count). The normalized spacial score (nSPS) is 22.4. The van der Waals surface area contributed by atoms with Gasteiger partial charge in [0.1, 0.15) is 5.82 Å². The van der Waals surface area contributed by atoms with E-state index in [4.69, 9.17) is 5.73 Å². The van der Waals surface area contributed by atoms with Gasteiger partial charge in [0, 0.05) is 25.5 Å². The number of likely N-dealkylation sites (tertiary alicyclic amines) is 1. The van der Waals surface area contributed by atoms with Gasteiger partial charge in [-0.1, -0.05) is 0 Å². The van der Waals surface area contributed by atoms with Gasteiger partial charge < -0.3 is 10.3 Å². The van der Waals surface area contributed by atoms with Crippen LogP contribution in [0, 0.1) is 5.92 Å².